The molecule has 0 spiro atoms. The smallest absolute Gasteiger partial charge is 0.315 e. The molecule has 0 saturated heterocycles. The second-order valence-electron chi connectivity index (χ2n) is 5.40. The highest BCUT2D eigenvalue weighted by atomic mass is 16.4. The SMILES string of the molecule is CC(C)(CCC(=O)O)NC(=O)NCc1cccc(C#N)c1. The van der Waals surface area contributed by atoms with Crippen LogP contribution in [0.15, 0.2) is 24.3 Å². The standard InChI is InChI=1S/C15H19N3O3/c1-15(2,7-6-13(19)20)18-14(21)17-10-12-5-3-4-11(8-12)9-16/h3-5,8H,6-7,10H2,1-2H3,(H,19,20)(H2,17,18,21). The fourth-order valence-electron chi connectivity index (χ4n) is 1.77. The number of carbonyl (C=O) groups excluding carboxylic acids is 1. The first kappa shape index (κ1) is 16.5. The molecule has 1 rings (SSSR count). The Kier molecular flexibility index (Phi) is 5.73. The Morgan fingerprint density at radius 2 is 2.10 bits per heavy atom. The van der Waals surface area contributed by atoms with E-state index in [2.05, 4.69) is 10.6 Å². The molecule has 0 heterocycles. The maximum atomic E-state index is 11.8. The monoisotopic (exact) mass is 289 g/mol. The lowest BCUT2D eigenvalue weighted by atomic mass is 9.99. The summed E-state index contributed by atoms with van der Waals surface area (Å²) in [6.45, 7) is 3.84. The van der Waals surface area contributed by atoms with Crippen molar-refractivity contribution in [2.75, 3.05) is 0 Å². The van der Waals surface area contributed by atoms with Crippen molar-refractivity contribution in [2.45, 2.75) is 38.8 Å². The van der Waals surface area contributed by atoms with E-state index in [1.54, 1.807) is 32.0 Å². The molecule has 0 aliphatic carbocycles. The van der Waals surface area contributed by atoms with Crippen LogP contribution in [0.1, 0.15) is 37.8 Å². The molecule has 112 valence electrons. The van der Waals surface area contributed by atoms with Gasteiger partial charge in [-0.2, -0.15) is 5.26 Å². The second-order valence-corrected chi connectivity index (χ2v) is 5.40. The van der Waals surface area contributed by atoms with Crippen molar-refractivity contribution in [1.29, 1.82) is 5.26 Å². The van der Waals surface area contributed by atoms with Gasteiger partial charge in [-0.3, -0.25) is 4.79 Å². The molecule has 1 aromatic rings. The van der Waals surface area contributed by atoms with E-state index in [1.165, 1.54) is 0 Å². The summed E-state index contributed by atoms with van der Waals surface area (Å²) < 4.78 is 0. The van der Waals surface area contributed by atoms with Crippen molar-refractivity contribution < 1.29 is 14.7 Å². The summed E-state index contributed by atoms with van der Waals surface area (Å²) in [5, 5.41) is 22.9. The van der Waals surface area contributed by atoms with Gasteiger partial charge in [0.25, 0.3) is 0 Å². The van der Waals surface area contributed by atoms with Crippen molar-refractivity contribution in [3.8, 4) is 6.07 Å². The molecule has 0 unspecified atom stereocenters. The summed E-state index contributed by atoms with van der Waals surface area (Å²) in [5.74, 6) is -0.890. The van der Waals surface area contributed by atoms with Crippen LogP contribution >= 0.6 is 0 Å². The third kappa shape index (κ3) is 6.43. The Balaban J connectivity index is 2.46. The van der Waals surface area contributed by atoms with Crippen LogP contribution in [-0.2, 0) is 11.3 Å². The predicted octanol–water partition coefficient (Wildman–Crippen LogP) is 2.00. The zero-order valence-electron chi connectivity index (χ0n) is 12.1. The summed E-state index contributed by atoms with van der Waals surface area (Å²) in [4.78, 5) is 22.3. The molecule has 21 heavy (non-hydrogen) atoms. The minimum atomic E-state index is -0.890. The first-order valence-electron chi connectivity index (χ1n) is 6.59. The van der Waals surface area contributed by atoms with Gasteiger partial charge < -0.3 is 15.7 Å². The van der Waals surface area contributed by atoms with Gasteiger partial charge in [0.1, 0.15) is 0 Å². The number of carboxylic acid groups (broad SMARTS) is 1. The van der Waals surface area contributed by atoms with Gasteiger partial charge in [0, 0.05) is 18.5 Å². The van der Waals surface area contributed by atoms with Crippen molar-refractivity contribution in [2.24, 2.45) is 0 Å². The molecule has 0 atom stereocenters. The van der Waals surface area contributed by atoms with Crippen molar-refractivity contribution >= 4 is 12.0 Å². The molecule has 3 N–H and O–H groups in total. The summed E-state index contributed by atoms with van der Waals surface area (Å²) in [5.41, 5.74) is 0.765. The van der Waals surface area contributed by atoms with Crippen LogP contribution in [0, 0.1) is 11.3 Å². The second kappa shape index (κ2) is 7.29. The molecule has 6 heteroatoms. The molecule has 0 aliphatic rings. The average Bonchev–Trinajstić information content (AvgIpc) is 2.43. The summed E-state index contributed by atoms with van der Waals surface area (Å²) in [6, 6.07) is 8.64. The molecule has 0 saturated carbocycles. The maximum absolute atomic E-state index is 11.8. The Labute approximate surface area is 123 Å². The summed E-state index contributed by atoms with van der Waals surface area (Å²) in [7, 11) is 0. The molecule has 0 aromatic heterocycles. The molecule has 1 aromatic carbocycles. The maximum Gasteiger partial charge on any atom is 0.315 e. The number of nitrogens with one attached hydrogen (secondary N) is 2. The Hall–Kier alpha value is -2.55. The highest BCUT2D eigenvalue weighted by molar-refractivity contribution is 5.75. The highest BCUT2D eigenvalue weighted by Crippen LogP contribution is 2.11. The van der Waals surface area contributed by atoms with E-state index in [1.807, 2.05) is 12.1 Å². The van der Waals surface area contributed by atoms with E-state index in [4.69, 9.17) is 10.4 Å². The third-order valence-corrected chi connectivity index (χ3v) is 2.92. The molecule has 6 nitrogen and oxygen atoms in total. The van der Waals surface area contributed by atoms with Crippen molar-refractivity contribution in [1.82, 2.24) is 10.6 Å². The number of urea groups is 1. The van der Waals surface area contributed by atoms with E-state index in [0.717, 1.165) is 5.56 Å². The number of carbonyl (C=O) groups is 2. The average molecular weight is 289 g/mol. The van der Waals surface area contributed by atoms with Gasteiger partial charge in [-0.25, -0.2) is 4.79 Å². The first-order valence-corrected chi connectivity index (χ1v) is 6.59. The van der Waals surface area contributed by atoms with E-state index < -0.39 is 11.5 Å². The van der Waals surface area contributed by atoms with Gasteiger partial charge in [-0.05, 0) is 38.0 Å². The minimum Gasteiger partial charge on any atom is -0.481 e. The molecule has 0 aliphatic heterocycles. The molecular weight excluding hydrogens is 270 g/mol. The number of aliphatic carboxylic acids is 1. The lowest BCUT2D eigenvalue weighted by Gasteiger charge is -2.25. The first-order chi connectivity index (χ1) is 9.82. The van der Waals surface area contributed by atoms with Crippen molar-refractivity contribution in [3.63, 3.8) is 0 Å². The number of nitrogens with zero attached hydrogens (tertiary/aromatic N) is 1. The zero-order valence-corrected chi connectivity index (χ0v) is 12.1. The van der Waals surface area contributed by atoms with Crippen LogP contribution < -0.4 is 10.6 Å². The van der Waals surface area contributed by atoms with E-state index in [9.17, 15) is 9.59 Å². The fraction of sp³-hybridized carbons (Fsp3) is 0.400. The fourth-order valence-corrected chi connectivity index (χ4v) is 1.77. The molecule has 2 amide bonds. The van der Waals surface area contributed by atoms with Gasteiger partial charge in [-0.1, -0.05) is 12.1 Å². The van der Waals surface area contributed by atoms with Gasteiger partial charge >= 0.3 is 12.0 Å². The van der Waals surface area contributed by atoms with E-state index in [-0.39, 0.29) is 12.5 Å². The van der Waals surface area contributed by atoms with E-state index >= 15 is 0 Å². The van der Waals surface area contributed by atoms with E-state index in [0.29, 0.717) is 18.5 Å². The number of nitriles is 1. The Morgan fingerprint density at radius 1 is 1.38 bits per heavy atom. The van der Waals surface area contributed by atoms with Crippen LogP contribution in [0.2, 0.25) is 0 Å². The normalized spacial score (nSPS) is 10.5. The quantitative estimate of drug-likeness (QED) is 0.745. The number of rotatable bonds is 6. The topological polar surface area (TPSA) is 102 Å². The van der Waals surface area contributed by atoms with Crippen LogP contribution in [0.4, 0.5) is 4.79 Å². The van der Waals surface area contributed by atoms with Crippen LogP contribution in [0.25, 0.3) is 0 Å². The van der Waals surface area contributed by atoms with Crippen molar-refractivity contribution in [3.05, 3.63) is 35.4 Å². The molecule has 0 radical (unpaired) electrons. The number of amides is 2. The number of hydrogen-bond acceptors (Lipinski definition) is 3. The number of carboxylic acids is 1. The van der Waals surface area contributed by atoms with Crippen LogP contribution in [-0.4, -0.2) is 22.6 Å². The lowest BCUT2D eigenvalue weighted by molar-refractivity contribution is -0.137. The highest BCUT2D eigenvalue weighted by Gasteiger charge is 2.21. The molecular formula is C15H19N3O3. The van der Waals surface area contributed by atoms with Crippen LogP contribution in [0.5, 0.6) is 0 Å². The lowest BCUT2D eigenvalue weighted by Crippen LogP contribution is -2.48. The largest absolute Gasteiger partial charge is 0.481 e. The molecule has 0 bridgehead atoms. The third-order valence-electron chi connectivity index (χ3n) is 2.92. The number of benzene rings is 1. The van der Waals surface area contributed by atoms with Gasteiger partial charge in [0.2, 0.25) is 0 Å². The Bertz CT molecular complexity index is 562. The summed E-state index contributed by atoms with van der Waals surface area (Å²) >= 11 is 0. The van der Waals surface area contributed by atoms with Gasteiger partial charge in [-0.15, -0.1) is 0 Å². The molecule has 0 fully saturated rings. The summed E-state index contributed by atoms with van der Waals surface area (Å²) in [6.07, 6.45) is 0.344. The zero-order chi connectivity index (χ0) is 15.9. The minimum absolute atomic E-state index is 0.00249. The van der Waals surface area contributed by atoms with Crippen LogP contribution in [0.3, 0.4) is 0 Å². The Morgan fingerprint density at radius 3 is 2.71 bits per heavy atom. The number of hydrogen-bond donors (Lipinski definition) is 3. The van der Waals surface area contributed by atoms with Gasteiger partial charge in [0.05, 0.1) is 11.6 Å². The van der Waals surface area contributed by atoms with Gasteiger partial charge in [0.15, 0.2) is 0 Å². The predicted molar refractivity (Wildman–Crippen MR) is 77.5 cm³/mol.